The molecule has 0 heterocycles. The molecule has 5 nitrogen and oxygen atoms in total. The summed E-state index contributed by atoms with van der Waals surface area (Å²) in [6.07, 6.45) is -2.66. The van der Waals surface area contributed by atoms with Crippen molar-refractivity contribution in [2.24, 2.45) is 0 Å². The minimum absolute atomic E-state index is 0.0143. The van der Waals surface area contributed by atoms with E-state index in [1.54, 1.807) is 22.6 Å². The number of nitro benzene ring substituents is 1. The first-order chi connectivity index (χ1) is 7.91. The van der Waals surface area contributed by atoms with E-state index in [0.717, 1.165) is 6.07 Å². The monoisotopic (exact) mass is 356 g/mol. The molecule has 1 rings (SSSR count). The molecule has 1 aromatic carbocycles. The predicted octanol–water partition coefficient (Wildman–Crippen LogP) is 2.19. The van der Waals surface area contributed by atoms with E-state index in [9.17, 15) is 23.7 Å². The van der Waals surface area contributed by atoms with Gasteiger partial charge in [0.25, 0.3) is 18.0 Å². The van der Waals surface area contributed by atoms with Crippen LogP contribution in [-0.2, 0) is 0 Å². The second-order valence-corrected chi connectivity index (χ2v) is 4.18. The van der Waals surface area contributed by atoms with Crippen molar-refractivity contribution in [1.82, 2.24) is 5.32 Å². The van der Waals surface area contributed by atoms with Crippen molar-refractivity contribution < 1.29 is 18.5 Å². The molecule has 0 aliphatic carbocycles. The van der Waals surface area contributed by atoms with Crippen LogP contribution < -0.4 is 5.32 Å². The summed E-state index contributed by atoms with van der Waals surface area (Å²) in [5.74, 6) is -0.751. The number of carbonyl (C=O) groups excluding carboxylic acids is 1. The molecule has 92 valence electrons. The second kappa shape index (κ2) is 5.84. The molecule has 0 fully saturated rings. The number of nitrogens with zero attached hydrogens (tertiary/aromatic N) is 1. The second-order valence-electron chi connectivity index (χ2n) is 3.02. The summed E-state index contributed by atoms with van der Waals surface area (Å²) >= 11 is 1.80. The Hall–Kier alpha value is -1.32. The van der Waals surface area contributed by atoms with Crippen LogP contribution in [0.4, 0.5) is 14.5 Å². The average Bonchev–Trinajstić information content (AvgIpc) is 2.26. The van der Waals surface area contributed by atoms with E-state index in [1.165, 1.54) is 12.1 Å². The highest BCUT2D eigenvalue weighted by Crippen LogP contribution is 2.19. The number of amides is 1. The number of carbonyl (C=O) groups is 1. The van der Waals surface area contributed by atoms with E-state index in [1.807, 2.05) is 5.32 Å². The Labute approximate surface area is 108 Å². The van der Waals surface area contributed by atoms with Crippen molar-refractivity contribution in [1.29, 1.82) is 0 Å². The van der Waals surface area contributed by atoms with Crippen LogP contribution in [-0.4, -0.2) is 23.8 Å². The van der Waals surface area contributed by atoms with Gasteiger partial charge in [0, 0.05) is 15.7 Å². The number of halogens is 3. The lowest BCUT2D eigenvalue weighted by Gasteiger charge is -2.06. The Balaban J connectivity index is 2.92. The number of hydrogen-bond donors (Lipinski definition) is 1. The van der Waals surface area contributed by atoms with Gasteiger partial charge in [0.2, 0.25) is 0 Å². The van der Waals surface area contributed by atoms with Crippen molar-refractivity contribution in [2.45, 2.75) is 6.43 Å². The molecular formula is C9H7F2IN2O3. The number of non-ortho nitro benzene ring substituents is 1. The maximum atomic E-state index is 11.9. The number of hydrogen-bond acceptors (Lipinski definition) is 3. The highest BCUT2D eigenvalue weighted by Gasteiger charge is 2.16. The van der Waals surface area contributed by atoms with E-state index < -0.39 is 23.8 Å². The molecule has 8 heteroatoms. The van der Waals surface area contributed by atoms with E-state index in [0.29, 0.717) is 3.57 Å². The summed E-state index contributed by atoms with van der Waals surface area (Å²) in [7, 11) is 0. The molecule has 0 unspecified atom stereocenters. The minimum Gasteiger partial charge on any atom is -0.346 e. The topological polar surface area (TPSA) is 72.2 Å². The van der Waals surface area contributed by atoms with Gasteiger partial charge in [-0.3, -0.25) is 14.9 Å². The number of benzene rings is 1. The predicted molar refractivity (Wildman–Crippen MR) is 64.2 cm³/mol. The SMILES string of the molecule is O=C(NCC(F)F)c1cc([N+](=O)[O-])ccc1I. The molecule has 1 aromatic rings. The molecule has 0 aliphatic rings. The molecule has 0 saturated carbocycles. The van der Waals surface area contributed by atoms with Crippen LogP contribution in [0.1, 0.15) is 10.4 Å². The summed E-state index contributed by atoms with van der Waals surface area (Å²) < 4.78 is 24.2. The Bertz CT molecular complexity index is 454. The molecule has 1 N–H and O–H groups in total. The molecule has 0 spiro atoms. The van der Waals surface area contributed by atoms with E-state index in [-0.39, 0.29) is 11.3 Å². The first-order valence-corrected chi connectivity index (χ1v) is 5.50. The van der Waals surface area contributed by atoms with Crippen LogP contribution in [0.2, 0.25) is 0 Å². The summed E-state index contributed by atoms with van der Waals surface area (Å²) in [4.78, 5) is 21.3. The van der Waals surface area contributed by atoms with Crippen LogP contribution in [0.15, 0.2) is 18.2 Å². The van der Waals surface area contributed by atoms with Crippen LogP contribution in [0.5, 0.6) is 0 Å². The van der Waals surface area contributed by atoms with Crippen molar-refractivity contribution in [3.8, 4) is 0 Å². The summed E-state index contributed by atoms with van der Waals surface area (Å²) in [5.41, 5.74) is -0.243. The molecule has 0 saturated heterocycles. The summed E-state index contributed by atoms with van der Waals surface area (Å²) in [6, 6.07) is 3.68. The van der Waals surface area contributed by atoms with Gasteiger partial charge in [-0.1, -0.05) is 0 Å². The lowest BCUT2D eigenvalue weighted by molar-refractivity contribution is -0.384. The molecule has 0 aliphatic heterocycles. The molecular weight excluding hydrogens is 349 g/mol. The zero-order chi connectivity index (χ0) is 13.0. The van der Waals surface area contributed by atoms with Gasteiger partial charge >= 0.3 is 0 Å². The van der Waals surface area contributed by atoms with Gasteiger partial charge in [0.05, 0.1) is 17.0 Å². The van der Waals surface area contributed by atoms with E-state index in [4.69, 9.17) is 0 Å². The first-order valence-electron chi connectivity index (χ1n) is 4.42. The van der Waals surface area contributed by atoms with Gasteiger partial charge in [0.15, 0.2) is 0 Å². The lowest BCUT2D eigenvalue weighted by atomic mass is 10.2. The van der Waals surface area contributed by atoms with Gasteiger partial charge in [-0.05, 0) is 28.7 Å². The standard InChI is InChI=1S/C9H7F2IN2O3/c10-8(11)4-13-9(15)6-3-5(14(16)17)1-2-7(6)12/h1-3,8H,4H2,(H,13,15). The number of nitro groups is 1. The maximum absolute atomic E-state index is 11.9. The Morgan fingerprint density at radius 1 is 1.53 bits per heavy atom. The fourth-order valence-electron chi connectivity index (χ4n) is 1.07. The Morgan fingerprint density at radius 3 is 2.71 bits per heavy atom. The molecule has 1 amide bonds. The fraction of sp³-hybridized carbons (Fsp3) is 0.222. The number of rotatable bonds is 4. The third-order valence-electron chi connectivity index (χ3n) is 1.82. The zero-order valence-corrected chi connectivity index (χ0v) is 10.5. The first kappa shape index (κ1) is 13.7. The third-order valence-corrected chi connectivity index (χ3v) is 2.76. The molecule has 0 radical (unpaired) electrons. The van der Waals surface area contributed by atoms with Gasteiger partial charge < -0.3 is 5.32 Å². The van der Waals surface area contributed by atoms with Crippen LogP contribution >= 0.6 is 22.6 Å². The average molecular weight is 356 g/mol. The Morgan fingerprint density at radius 2 is 2.18 bits per heavy atom. The van der Waals surface area contributed by atoms with Crippen LogP contribution in [0.25, 0.3) is 0 Å². The largest absolute Gasteiger partial charge is 0.346 e. The molecule has 0 atom stereocenters. The molecule has 0 aromatic heterocycles. The van der Waals surface area contributed by atoms with Crippen molar-refractivity contribution in [3.63, 3.8) is 0 Å². The van der Waals surface area contributed by atoms with Crippen molar-refractivity contribution >= 4 is 34.2 Å². The van der Waals surface area contributed by atoms with Gasteiger partial charge in [-0.25, -0.2) is 8.78 Å². The fourth-order valence-corrected chi connectivity index (χ4v) is 1.65. The van der Waals surface area contributed by atoms with E-state index in [2.05, 4.69) is 0 Å². The van der Waals surface area contributed by atoms with Crippen molar-refractivity contribution in [2.75, 3.05) is 6.54 Å². The maximum Gasteiger partial charge on any atom is 0.270 e. The van der Waals surface area contributed by atoms with E-state index >= 15 is 0 Å². The highest BCUT2D eigenvalue weighted by atomic mass is 127. The quantitative estimate of drug-likeness (QED) is 0.511. The third kappa shape index (κ3) is 3.88. The minimum atomic E-state index is -2.66. The van der Waals surface area contributed by atoms with Crippen molar-refractivity contribution in [3.05, 3.63) is 37.4 Å². The normalized spacial score (nSPS) is 10.4. The lowest BCUT2D eigenvalue weighted by Crippen LogP contribution is -2.29. The van der Waals surface area contributed by atoms with Gasteiger partial charge in [-0.2, -0.15) is 0 Å². The Kier molecular flexibility index (Phi) is 4.73. The molecule has 17 heavy (non-hydrogen) atoms. The van der Waals surface area contributed by atoms with Gasteiger partial charge in [0.1, 0.15) is 0 Å². The number of alkyl halides is 2. The smallest absolute Gasteiger partial charge is 0.270 e. The number of nitrogens with one attached hydrogen (secondary N) is 1. The summed E-state index contributed by atoms with van der Waals surface area (Å²) in [6.45, 7) is -0.780. The van der Waals surface area contributed by atoms with Crippen LogP contribution in [0, 0.1) is 13.7 Å². The zero-order valence-electron chi connectivity index (χ0n) is 8.32. The summed E-state index contributed by atoms with van der Waals surface area (Å²) in [5, 5.41) is 12.5. The van der Waals surface area contributed by atoms with Gasteiger partial charge in [-0.15, -0.1) is 0 Å². The highest BCUT2D eigenvalue weighted by molar-refractivity contribution is 14.1. The molecule has 0 bridgehead atoms. The van der Waals surface area contributed by atoms with Crippen LogP contribution in [0.3, 0.4) is 0 Å².